The number of rotatable bonds is 6. The Kier molecular flexibility index (Phi) is 4.42. The lowest BCUT2D eigenvalue weighted by atomic mass is 10.0. The van der Waals surface area contributed by atoms with Crippen molar-refractivity contribution < 1.29 is 14.7 Å². The number of carboxylic acids is 1. The van der Waals surface area contributed by atoms with E-state index in [1.165, 1.54) is 4.68 Å². The molecular formula is C14H16N4O3. The monoisotopic (exact) mass is 288 g/mol. The number of carbonyl (C=O) groups excluding carboxylic acids is 1. The summed E-state index contributed by atoms with van der Waals surface area (Å²) in [6, 6.07) is 5.50. The average Bonchev–Trinajstić information content (AvgIpc) is 2.86. The Labute approximate surface area is 121 Å². The minimum absolute atomic E-state index is 0.00442. The van der Waals surface area contributed by atoms with Gasteiger partial charge in [0, 0.05) is 12.0 Å². The second-order valence-corrected chi connectivity index (χ2v) is 4.87. The number of nitrogens with zero attached hydrogens (tertiary/aromatic N) is 4. The Balaban J connectivity index is 2.10. The van der Waals surface area contributed by atoms with Crippen LogP contribution in [0, 0.1) is 13.8 Å². The van der Waals surface area contributed by atoms with Crippen LogP contribution in [0.1, 0.15) is 33.7 Å². The van der Waals surface area contributed by atoms with Crippen LogP contribution in [0.5, 0.6) is 0 Å². The second kappa shape index (κ2) is 6.25. The fraction of sp³-hybridized carbons (Fsp3) is 0.357. The van der Waals surface area contributed by atoms with Crippen LogP contribution in [-0.4, -0.2) is 37.1 Å². The van der Waals surface area contributed by atoms with Crippen molar-refractivity contribution in [1.29, 1.82) is 0 Å². The summed E-state index contributed by atoms with van der Waals surface area (Å²) in [6.45, 7) is 3.93. The number of aromatic nitrogens is 4. The maximum atomic E-state index is 12.2. The van der Waals surface area contributed by atoms with Crippen LogP contribution in [0.2, 0.25) is 0 Å². The van der Waals surface area contributed by atoms with E-state index >= 15 is 0 Å². The third-order valence-corrected chi connectivity index (χ3v) is 3.29. The highest BCUT2D eigenvalue weighted by Crippen LogP contribution is 2.11. The molecule has 0 amide bonds. The molecule has 0 radical (unpaired) electrons. The molecule has 21 heavy (non-hydrogen) atoms. The van der Waals surface area contributed by atoms with Crippen LogP contribution >= 0.6 is 0 Å². The lowest BCUT2D eigenvalue weighted by Crippen LogP contribution is -2.15. The van der Waals surface area contributed by atoms with Gasteiger partial charge in [0.05, 0.1) is 6.42 Å². The first-order valence-electron chi connectivity index (χ1n) is 6.54. The van der Waals surface area contributed by atoms with Crippen LogP contribution in [0.3, 0.4) is 0 Å². The quantitative estimate of drug-likeness (QED) is 0.802. The number of hydrogen-bond donors (Lipinski definition) is 1. The Morgan fingerprint density at radius 2 is 2.00 bits per heavy atom. The van der Waals surface area contributed by atoms with E-state index in [0.717, 1.165) is 11.1 Å². The SMILES string of the molecule is Cc1ccc(C(=O)Cn2nnnc2CCC(=O)O)cc1C. The summed E-state index contributed by atoms with van der Waals surface area (Å²) in [6.07, 6.45) is 0.126. The van der Waals surface area contributed by atoms with E-state index in [4.69, 9.17) is 5.11 Å². The van der Waals surface area contributed by atoms with Gasteiger partial charge in [0.25, 0.3) is 0 Å². The van der Waals surface area contributed by atoms with E-state index < -0.39 is 5.97 Å². The number of hydrogen-bond acceptors (Lipinski definition) is 5. The molecule has 1 aromatic heterocycles. The highest BCUT2D eigenvalue weighted by atomic mass is 16.4. The summed E-state index contributed by atoms with van der Waals surface area (Å²) in [5, 5.41) is 19.7. The van der Waals surface area contributed by atoms with Gasteiger partial charge in [-0.05, 0) is 41.5 Å². The lowest BCUT2D eigenvalue weighted by Gasteiger charge is -2.06. The highest BCUT2D eigenvalue weighted by Gasteiger charge is 2.13. The van der Waals surface area contributed by atoms with Crippen molar-refractivity contribution in [3.63, 3.8) is 0 Å². The molecule has 0 aliphatic carbocycles. The van der Waals surface area contributed by atoms with Crippen LogP contribution < -0.4 is 0 Å². The topological polar surface area (TPSA) is 98.0 Å². The van der Waals surface area contributed by atoms with Gasteiger partial charge in [0.1, 0.15) is 6.54 Å². The molecule has 0 unspecified atom stereocenters. The van der Waals surface area contributed by atoms with Gasteiger partial charge in [-0.3, -0.25) is 9.59 Å². The standard InChI is InChI=1S/C14H16N4O3/c1-9-3-4-11(7-10(9)2)12(19)8-18-13(15-16-17-18)5-6-14(20)21/h3-4,7H,5-6,8H2,1-2H3,(H,20,21). The normalized spacial score (nSPS) is 10.6. The second-order valence-electron chi connectivity index (χ2n) is 4.87. The number of tetrazole rings is 1. The van der Waals surface area contributed by atoms with Gasteiger partial charge in [0.2, 0.25) is 0 Å². The van der Waals surface area contributed by atoms with Crippen LogP contribution in [0.4, 0.5) is 0 Å². The smallest absolute Gasteiger partial charge is 0.303 e. The maximum absolute atomic E-state index is 12.2. The highest BCUT2D eigenvalue weighted by molar-refractivity contribution is 5.96. The van der Waals surface area contributed by atoms with Crippen molar-refractivity contribution >= 4 is 11.8 Å². The molecule has 0 saturated heterocycles. The zero-order chi connectivity index (χ0) is 15.4. The molecule has 7 nitrogen and oxygen atoms in total. The Hall–Kier alpha value is -2.57. The van der Waals surface area contributed by atoms with Gasteiger partial charge < -0.3 is 5.11 Å². The van der Waals surface area contributed by atoms with Gasteiger partial charge in [-0.2, -0.15) is 0 Å². The third kappa shape index (κ3) is 3.71. The predicted molar refractivity (Wildman–Crippen MR) is 74.0 cm³/mol. The molecule has 0 fully saturated rings. The minimum atomic E-state index is -0.926. The summed E-state index contributed by atoms with van der Waals surface area (Å²) in [7, 11) is 0. The van der Waals surface area contributed by atoms with Crippen molar-refractivity contribution in [3.05, 3.63) is 40.7 Å². The van der Waals surface area contributed by atoms with Crippen molar-refractivity contribution in [3.8, 4) is 0 Å². The van der Waals surface area contributed by atoms with Crippen molar-refractivity contribution in [2.24, 2.45) is 0 Å². The largest absolute Gasteiger partial charge is 0.481 e. The van der Waals surface area contributed by atoms with Crippen LogP contribution in [-0.2, 0) is 17.8 Å². The summed E-state index contributed by atoms with van der Waals surface area (Å²) in [5.74, 6) is -0.637. The Morgan fingerprint density at radius 3 is 2.67 bits per heavy atom. The molecule has 1 N–H and O–H groups in total. The molecule has 0 aliphatic heterocycles. The van der Waals surface area contributed by atoms with Gasteiger partial charge in [0.15, 0.2) is 11.6 Å². The number of carbonyl (C=O) groups is 2. The number of Topliss-reactive ketones (excluding diaryl/α,β-unsaturated/α-hetero) is 1. The Morgan fingerprint density at radius 1 is 1.24 bits per heavy atom. The molecule has 110 valence electrons. The molecular weight excluding hydrogens is 272 g/mol. The number of ketones is 1. The molecule has 0 bridgehead atoms. The van der Waals surface area contributed by atoms with E-state index in [1.54, 1.807) is 6.07 Å². The van der Waals surface area contributed by atoms with E-state index in [9.17, 15) is 9.59 Å². The number of benzene rings is 1. The maximum Gasteiger partial charge on any atom is 0.303 e. The molecule has 1 aromatic carbocycles. The van der Waals surface area contributed by atoms with Crippen molar-refractivity contribution in [2.75, 3.05) is 0 Å². The van der Waals surface area contributed by atoms with Crippen molar-refractivity contribution in [2.45, 2.75) is 33.2 Å². The summed E-state index contributed by atoms with van der Waals surface area (Å²) < 4.78 is 1.35. The molecule has 0 spiro atoms. The zero-order valence-corrected chi connectivity index (χ0v) is 11.9. The number of carboxylic acid groups (broad SMARTS) is 1. The molecule has 2 aromatic rings. The first-order valence-corrected chi connectivity index (χ1v) is 6.54. The molecule has 1 heterocycles. The molecule has 2 rings (SSSR count). The van der Waals surface area contributed by atoms with Gasteiger partial charge >= 0.3 is 5.97 Å². The van der Waals surface area contributed by atoms with Crippen LogP contribution in [0.15, 0.2) is 18.2 Å². The lowest BCUT2D eigenvalue weighted by molar-refractivity contribution is -0.137. The van der Waals surface area contributed by atoms with Crippen LogP contribution in [0.25, 0.3) is 0 Å². The van der Waals surface area contributed by atoms with Gasteiger partial charge in [-0.25, -0.2) is 4.68 Å². The van der Waals surface area contributed by atoms with E-state index in [0.29, 0.717) is 11.4 Å². The fourth-order valence-electron chi connectivity index (χ4n) is 1.89. The van der Waals surface area contributed by atoms with E-state index in [1.807, 2.05) is 26.0 Å². The summed E-state index contributed by atoms with van der Waals surface area (Å²) in [5.41, 5.74) is 2.76. The predicted octanol–water partition coefficient (Wildman–Crippen LogP) is 1.19. The van der Waals surface area contributed by atoms with Gasteiger partial charge in [-0.15, -0.1) is 5.10 Å². The van der Waals surface area contributed by atoms with E-state index in [-0.39, 0.29) is 25.2 Å². The fourth-order valence-corrected chi connectivity index (χ4v) is 1.89. The van der Waals surface area contributed by atoms with E-state index in [2.05, 4.69) is 15.5 Å². The van der Waals surface area contributed by atoms with Crippen molar-refractivity contribution in [1.82, 2.24) is 20.2 Å². The third-order valence-electron chi connectivity index (χ3n) is 3.29. The molecule has 0 aliphatic rings. The number of aryl methyl sites for hydroxylation is 3. The summed E-state index contributed by atoms with van der Waals surface area (Å²) >= 11 is 0. The first-order chi connectivity index (χ1) is 9.97. The molecule has 0 saturated carbocycles. The summed E-state index contributed by atoms with van der Waals surface area (Å²) in [4.78, 5) is 22.8. The Bertz CT molecular complexity index is 679. The average molecular weight is 288 g/mol. The molecule has 7 heteroatoms. The first kappa shape index (κ1) is 14.8. The zero-order valence-electron chi connectivity index (χ0n) is 11.9. The van der Waals surface area contributed by atoms with Gasteiger partial charge in [-0.1, -0.05) is 12.1 Å². The number of aliphatic carboxylic acids is 1. The minimum Gasteiger partial charge on any atom is -0.481 e. The molecule has 0 atom stereocenters.